The quantitative estimate of drug-likeness (QED) is 0.908. The van der Waals surface area contributed by atoms with Gasteiger partial charge in [0.1, 0.15) is 0 Å². The summed E-state index contributed by atoms with van der Waals surface area (Å²) in [4.78, 5) is 23.3. The lowest BCUT2D eigenvalue weighted by Gasteiger charge is -2.12. The van der Waals surface area contributed by atoms with Gasteiger partial charge in [-0.05, 0) is 30.7 Å². The summed E-state index contributed by atoms with van der Waals surface area (Å²) in [6.45, 7) is 0. The fraction of sp³-hybridized carbons (Fsp3) is 0.294. The number of carboxylic acids is 1. The molecule has 21 heavy (non-hydrogen) atoms. The molecule has 2 aromatic rings. The number of rotatable bonds is 3. The highest BCUT2D eigenvalue weighted by molar-refractivity contribution is 6.03. The van der Waals surface area contributed by atoms with Crippen LogP contribution in [0.5, 0.6) is 0 Å². The summed E-state index contributed by atoms with van der Waals surface area (Å²) < 4.78 is 0. The van der Waals surface area contributed by atoms with Crippen LogP contribution in [-0.2, 0) is 9.59 Å². The number of amides is 1. The molecule has 108 valence electrons. The SMILES string of the molecule is O=C(O)C1CCC(C(=O)Nc2cccc3ccccc23)C1. The van der Waals surface area contributed by atoms with Gasteiger partial charge in [0, 0.05) is 17.0 Å². The van der Waals surface area contributed by atoms with E-state index in [2.05, 4.69) is 5.32 Å². The third-order valence-corrected chi connectivity index (χ3v) is 4.20. The van der Waals surface area contributed by atoms with Gasteiger partial charge in [-0.25, -0.2) is 0 Å². The van der Waals surface area contributed by atoms with Crippen LogP contribution in [-0.4, -0.2) is 17.0 Å². The van der Waals surface area contributed by atoms with Crippen molar-refractivity contribution in [2.45, 2.75) is 19.3 Å². The van der Waals surface area contributed by atoms with E-state index in [9.17, 15) is 9.59 Å². The lowest BCUT2D eigenvalue weighted by Crippen LogP contribution is -2.21. The number of carbonyl (C=O) groups excluding carboxylic acids is 1. The van der Waals surface area contributed by atoms with Crippen LogP contribution < -0.4 is 5.32 Å². The van der Waals surface area contributed by atoms with E-state index in [1.165, 1.54) is 0 Å². The van der Waals surface area contributed by atoms with Crippen molar-refractivity contribution in [2.24, 2.45) is 11.8 Å². The number of benzene rings is 2. The standard InChI is InChI=1S/C17H17NO3/c19-16(12-8-9-13(10-12)17(20)21)18-15-7-3-5-11-4-1-2-6-14(11)15/h1-7,12-13H,8-10H2,(H,18,19)(H,20,21). The molecule has 1 amide bonds. The van der Waals surface area contributed by atoms with Gasteiger partial charge in [-0.2, -0.15) is 0 Å². The minimum Gasteiger partial charge on any atom is -0.481 e. The van der Waals surface area contributed by atoms with Crippen LogP contribution in [0.15, 0.2) is 42.5 Å². The number of nitrogens with one attached hydrogen (secondary N) is 1. The van der Waals surface area contributed by atoms with Crippen molar-refractivity contribution in [3.05, 3.63) is 42.5 Å². The van der Waals surface area contributed by atoms with Crippen molar-refractivity contribution < 1.29 is 14.7 Å². The molecule has 2 N–H and O–H groups in total. The average molecular weight is 283 g/mol. The topological polar surface area (TPSA) is 66.4 Å². The molecule has 2 unspecified atom stereocenters. The molecule has 1 fully saturated rings. The highest BCUT2D eigenvalue weighted by atomic mass is 16.4. The van der Waals surface area contributed by atoms with Crippen LogP contribution in [0.3, 0.4) is 0 Å². The van der Waals surface area contributed by atoms with Crippen molar-refractivity contribution in [1.82, 2.24) is 0 Å². The zero-order valence-electron chi connectivity index (χ0n) is 11.6. The molecule has 0 heterocycles. The van der Waals surface area contributed by atoms with Crippen LogP contribution in [0.25, 0.3) is 10.8 Å². The first-order chi connectivity index (χ1) is 10.1. The molecule has 2 atom stereocenters. The number of hydrogen-bond acceptors (Lipinski definition) is 2. The third kappa shape index (κ3) is 2.75. The molecule has 0 aliphatic heterocycles. The summed E-state index contributed by atoms with van der Waals surface area (Å²) in [7, 11) is 0. The Labute approximate surface area is 122 Å². The Kier molecular flexibility index (Phi) is 3.60. The molecule has 1 aliphatic rings. The first-order valence-corrected chi connectivity index (χ1v) is 7.16. The van der Waals surface area contributed by atoms with Crippen LogP contribution in [0.2, 0.25) is 0 Å². The highest BCUT2D eigenvalue weighted by Gasteiger charge is 2.33. The monoisotopic (exact) mass is 283 g/mol. The summed E-state index contributed by atoms with van der Waals surface area (Å²) in [6, 6.07) is 13.7. The lowest BCUT2D eigenvalue weighted by molar-refractivity contribution is -0.141. The van der Waals surface area contributed by atoms with Crippen molar-refractivity contribution in [2.75, 3.05) is 5.32 Å². The Morgan fingerprint density at radius 2 is 1.71 bits per heavy atom. The predicted molar refractivity (Wildman–Crippen MR) is 81.0 cm³/mol. The molecule has 0 saturated heterocycles. The zero-order chi connectivity index (χ0) is 14.8. The summed E-state index contributed by atoms with van der Waals surface area (Å²) in [5, 5.41) is 14.0. The molecule has 2 aromatic carbocycles. The molecule has 0 radical (unpaired) electrons. The van der Waals surface area contributed by atoms with E-state index in [0.717, 1.165) is 16.5 Å². The van der Waals surface area contributed by atoms with E-state index in [1.54, 1.807) is 0 Å². The number of aliphatic carboxylic acids is 1. The normalized spacial score (nSPS) is 21.3. The minimum absolute atomic E-state index is 0.0740. The second kappa shape index (κ2) is 5.56. The first kappa shape index (κ1) is 13.6. The number of carboxylic acid groups (broad SMARTS) is 1. The molecule has 4 heteroatoms. The Bertz CT molecular complexity index is 690. The van der Waals surface area contributed by atoms with Gasteiger partial charge in [0.15, 0.2) is 0 Å². The molecule has 0 aromatic heterocycles. The van der Waals surface area contributed by atoms with Gasteiger partial charge in [-0.3, -0.25) is 9.59 Å². The summed E-state index contributed by atoms with van der Waals surface area (Å²) in [6.07, 6.45) is 1.67. The van der Waals surface area contributed by atoms with Gasteiger partial charge in [-0.1, -0.05) is 36.4 Å². The van der Waals surface area contributed by atoms with E-state index in [0.29, 0.717) is 19.3 Å². The van der Waals surface area contributed by atoms with Crippen molar-refractivity contribution in [3.63, 3.8) is 0 Å². The maximum atomic E-state index is 12.3. The molecule has 1 aliphatic carbocycles. The molecule has 3 rings (SSSR count). The van der Waals surface area contributed by atoms with Gasteiger partial charge >= 0.3 is 5.97 Å². The van der Waals surface area contributed by atoms with E-state index in [4.69, 9.17) is 5.11 Å². The highest BCUT2D eigenvalue weighted by Crippen LogP contribution is 2.32. The zero-order valence-corrected chi connectivity index (χ0v) is 11.6. The van der Waals surface area contributed by atoms with Crippen molar-refractivity contribution in [3.8, 4) is 0 Å². The molecule has 1 saturated carbocycles. The van der Waals surface area contributed by atoms with E-state index in [-0.39, 0.29) is 17.7 Å². The Hall–Kier alpha value is -2.36. The summed E-state index contributed by atoms with van der Waals surface area (Å²) in [5.41, 5.74) is 0.789. The number of anilines is 1. The van der Waals surface area contributed by atoms with E-state index >= 15 is 0 Å². The minimum atomic E-state index is -0.796. The van der Waals surface area contributed by atoms with Crippen LogP contribution in [0.1, 0.15) is 19.3 Å². The van der Waals surface area contributed by atoms with Crippen molar-refractivity contribution >= 4 is 28.3 Å². The van der Waals surface area contributed by atoms with Crippen LogP contribution in [0.4, 0.5) is 5.69 Å². The summed E-state index contributed by atoms with van der Waals surface area (Å²) in [5.74, 6) is -1.45. The Morgan fingerprint density at radius 1 is 1.00 bits per heavy atom. The molecule has 0 bridgehead atoms. The predicted octanol–water partition coefficient (Wildman–Crippen LogP) is 3.28. The summed E-state index contributed by atoms with van der Waals surface area (Å²) >= 11 is 0. The maximum absolute atomic E-state index is 12.3. The second-order valence-corrected chi connectivity index (χ2v) is 5.56. The van der Waals surface area contributed by atoms with Gasteiger partial charge in [0.2, 0.25) is 5.91 Å². The fourth-order valence-electron chi connectivity index (χ4n) is 3.01. The van der Waals surface area contributed by atoms with Gasteiger partial charge in [0.25, 0.3) is 0 Å². The molecular weight excluding hydrogens is 266 g/mol. The molecule has 4 nitrogen and oxygen atoms in total. The van der Waals surface area contributed by atoms with Crippen LogP contribution in [0, 0.1) is 11.8 Å². The maximum Gasteiger partial charge on any atom is 0.306 e. The Morgan fingerprint density at radius 3 is 2.48 bits per heavy atom. The molecule has 0 spiro atoms. The van der Waals surface area contributed by atoms with Gasteiger partial charge < -0.3 is 10.4 Å². The third-order valence-electron chi connectivity index (χ3n) is 4.20. The Balaban J connectivity index is 1.77. The number of fused-ring (bicyclic) bond motifs is 1. The first-order valence-electron chi connectivity index (χ1n) is 7.16. The molecular formula is C17H17NO3. The number of hydrogen-bond donors (Lipinski definition) is 2. The number of carbonyl (C=O) groups is 2. The van der Waals surface area contributed by atoms with Gasteiger partial charge in [0.05, 0.1) is 5.92 Å². The van der Waals surface area contributed by atoms with E-state index in [1.807, 2.05) is 42.5 Å². The second-order valence-electron chi connectivity index (χ2n) is 5.56. The van der Waals surface area contributed by atoms with Gasteiger partial charge in [-0.15, -0.1) is 0 Å². The largest absolute Gasteiger partial charge is 0.481 e. The average Bonchev–Trinajstić information content (AvgIpc) is 2.98. The van der Waals surface area contributed by atoms with Crippen LogP contribution >= 0.6 is 0 Å². The van der Waals surface area contributed by atoms with E-state index < -0.39 is 5.97 Å². The van der Waals surface area contributed by atoms with Crippen molar-refractivity contribution in [1.29, 1.82) is 0 Å². The fourth-order valence-corrected chi connectivity index (χ4v) is 3.01. The lowest BCUT2D eigenvalue weighted by atomic mass is 10.0. The smallest absolute Gasteiger partial charge is 0.306 e.